The van der Waals surface area contributed by atoms with Gasteiger partial charge in [-0.25, -0.2) is 4.79 Å². The fourth-order valence-corrected chi connectivity index (χ4v) is 4.36. The minimum Gasteiger partial charge on any atom is -0.459 e. The van der Waals surface area contributed by atoms with Crippen LogP contribution in [-0.4, -0.2) is 27.8 Å². The molecule has 0 aromatic carbocycles. The van der Waals surface area contributed by atoms with E-state index < -0.39 is 0 Å². The van der Waals surface area contributed by atoms with Crippen LogP contribution in [0.2, 0.25) is 0 Å². The van der Waals surface area contributed by atoms with Gasteiger partial charge in [-0.2, -0.15) is 5.10 Å². The second-order valence-electron chi connectivity index (χ2n) is 6.80. The van der Waals surface area contributed by atoms with Crippen molar-refractivity contribution in [3.05, 3.63) is 34.0 Å². The minimum atomic E-state index is -0.330. The number of hydrogen-bond donors (Lipinski definition) is 1. The minimum absolute atomic E-state index is 0.121. The van der Waals surface area contributed by atoms with Crippen molar-refractivity contribution in [2.24, 2.45) is 0 Å². The van der Waals surface area contributed by atoms with Crippen molar-refractivity contribution in [3.8, 4) is 0 Å². The van der Waals surface area contributed by atoms with Crippen LogP contribution in [-0.2, 0) is 28.9 Å². The molecule has 1 atom stereocenters. The first-order valence-electron chi connectivity index (χ1n) is 9.12. The van der Waals surface area contributed by atoms with Crippen molar-refractivity contribution in [3.63, 3.8) is 0 Å². The average molecular weight is 375 g/mol. The summed E-state index contributed by atoms with van der Waals surface area (Å²) in [4.78, 5) is 26.4. The molecule has 2 aromatic heterocycles. The first-order chi connectivity index (χ1) is 12.5. The summed E-state index contributed by atoms with van der Waals surface area (Å²) in [5.41, 5.74) is 2.61. The van der Waals surface area contributed by atoms with E-state index in [-0.39, 0.29) is 24.5 Å². The van der Waals surface area contributed by atoms with Crippen molar-refractivity contribution >= 4 is 28.2 Å². The molecule has 1 N–H and O–H groups in total. The molecule has 0 saturated heterocycles. The van der Waals surface area contributed by atoms with E-state index in [4.69, 9.17) is 4.74 Å². The molecule has 1 unspecified atom stereocenters. The largest absolute Gasteiger partial charge is 0.459 e. The Morgan fingerprint density at radius 2 is 2.15 bits per heavy atom. The predicted octanol–water partition coefficient (Wildman–Crippen LogP) is 3.73. The Labute approximate surface area is 157 Å². The fourth-order valence-electron chi connectivity index (χ4n) is 3.06. The highest BCUT2D eigenvalue weighted by Gasteiger charge is 2.28. The van der Waals surface area contributed by atoms with Gasteiger partial charge >= 0.3 is 5.97 Å². The number of anilines is 1. The molecule has 0 fully saturated rings. The molecule has 2 aromatic rings. The van der Waals surface area contributed by atoms with Crippen molar-refractivity contribution in [1.82, 2.24) is 9.78 Å². The normalized spacial score (nSPS) is 14.6. The van der Waals surface area contributed by atoms with Gasteiger partial charge in [-0.3, -0.25) is 9.48 Å². The lowest BCUT2D eigenvalue weighted by Crippen LogP contribution is -2.21. The van der Waals surface area contributed by atoms with Crippen LogP contribution >= 0.6 is 11.3 Å². The Morgan fingerprint density at radius 1 is 1.38 bits per heavy atom. The smallest absolute Gasteiger partial charge is 0.341 e. The van der Waals surface area contributed by atoms with E-state index in [1.54, 1.807) is 10.9 Å². The van der Waals surface area contributed by atoms with Gasteiger partial charge in [-0.15, -0.1) is 11.3 Å². The number of carbonyl (C=O) groups excluding carboxylic acids is 2. The lowest BCUT2D eigenvalue weighted by Gasteiger charge is -2.15. The fraction of sp³-hybridized carbons (Fsp3) is 0.526. The van der Waals surface area contributed by atoms with Crippen LogP contribution in [0, 0.1) is 6.92 Å². The average Bonchev–Trinajstić information content (AvgIpc) is 3.17. The van der Waals surface area contributed by atoms with E-state index in [0.29, 0.717) is 10.6 Å². The van der Waals surface area contributed by atoms with Gasteiger partial charge < -0.3 is 10.1 Å². The molecule has 2 heterocycles. The Bertz CT molecular complexity index is 809. The van der Waals surface area contributed by atoms with E-state index in [0.717, 1.165) is 43.2 Å². The molecule has 0 bridgehead atoms. The van der Waals surface area contributed by atoms with E-state index in [1.807, 2.05) is 27.0 Å². The Hall–Kier alpha value is -2.15. The lowest BCUT2D eigenvalue weighted by molar-refractivity contribution is -0.116. The molecule has 0 aliphatic heterocycles. The predicted molar refractivity (Wildman–Crippen MR) is 102 cm³/mol. The highest BCUT2D eigenvalue weighted by molar-refractivity contribution is 7.17. The highest BCUT2D eigenvalue weighted by Crippen LogP contribution is 2.38. The first-order valence-corrected chi connectivity index (χ1v) is 9.94. The number of nitrogens with zero attached hydrogens (tertiary/aromatic N) is 2. The molecular weight excluding hydrogens is 350 g/mol. The maximum absolute atomic E-state index is 12.7. The molecule has 140 valence electrons. The third-order valence-electron chi connectivity index (χ3n) is 4.58. The van der Waals surface area contributed by atoms with Gasteiger partial charge in [0.2, 0.25) is 5.91 Å². The van der Waals surface area contributed by atoms with Crippen LogP contribution in [0.4, 0.5) is 5.00 Å². The van der Waals surface area contributed by atoms with Gasteiger partial charge in [0.05, 0.1) is 17.9 Å². The molecular formula is C19H25N3O3S. The number of thiophene rings is 1. The molecule has 0 radical (unpaired) electrons. The Balaban J connectivity index is 1.82. The molecule has 0 saturated carbocycles. The standard InChI is InChI=1S/C19H25N3O3S/c1-4-13(3)25-19(24)17-14-7-5-6-8-15(14)26-18(17)21-16(23)11-22-10-12(2)9-20-22/h9-10,13H,4-8,11H2,1-3H3,(H,21,23). The van der Waals surface area contributed by atoms with Crippen molar-refractivity contribution in [1.29, 1.82) is 0 Å². The summed E-state index contributed by atoms with van der Waals surface area (Å²) in [5, 5.41) is 7.66. The summed E-state index contributed by atoms with van der Waals surface area (Å²) in [6, 6.07) is 0. The third kappa shape index (κ3) is 4.15. The zero-order valence-corrected chi connectivity index (χ0v) is 16.3. The number of ether oxygens (including phenoxy) is 1. The van der Waals surface area contributed by atoms with Gasteiger partial charge in [0, 0.05) is 11.1 Å². The molecule has 1 aliphatic rings. The number of amides is 1. The van der Waals surface area contributed by atoms with Crippen molar-refractivity contribution < 1.29 is 14.3 Å². The number of rotatable bonds is 6. The van der Waals surface area contributed by atoms with Gasteiger partial charge in [-0.05, 0) is 57.1 Å². The van der Waals surface area contributed by atoms with Crippen molar-refractivity contribution in [2.45, 2.75) is 65.5 Å². The zero-order valence-electron chi connectivity index (χ0n) is 15.5. The second kappa shape index (κ2) is 8.03. The molecule has 0 spiro atoms. The quantitative estimate of drug-likeness (QED) is 0.781. The zero-order chi connectivity index (χ0) is 18.7. The maximum Gasteiger partial charge on any atom is 0.341 e. The number of hydrogen-bond acceptors (Lipinski definition) is 5. The van der Waals surface area contributed by atoms with Crippen molar-refractivity contribution in [2.75, 3.05) is 5.32 Å². The number of nitrogens with one attached hydrogen (secondary N) is 1. The summed E-state index contributed by atoms with van der Waals surface area (Å²) < 4.78 is 7.15. The summed E-state index contributed by atoms with van der Waals surface area (Å²) in [6.45, 7) is 5.92. The monoisotopic (exact) mass is 375 g/mol. The first kappa shape index (κ1) is 18.6. The number of aromatic nitrogens is 2. The number of carbonyl (C=O) groups is 2. The maximum atomic E-state index is 12.7. The van der Waals surface area contributed by atoms with Crippen LogP contribution in [0.15, 0.2) is 12.4 Å². The molecule has 3 rings (SSSR count). The molecule has 1 amide bonds. The van der Waals surface area contributed by atoms with Crippen LogP contribution < -0.4 is 5.32 Å². The summed E-state index contributed by atoms with van der Waals surface area (Å²) in [7, 11) is 0. The number of fused-ring (bicyclic) bond motifs is 1. The SMILES string of the molecule is CCC(C)OC(=O)c1c(NC(=O)Cn2cc(C)cn2)sc2c1CCCC2. The molecule has 26 heavy (non-hydrogen) atoms. The Morgan fingerprint density at radius 3 is 2.85 bits per heavy atom. The van der Waals surface area contributed by atoms with E-state index in [9.17, 15) is 9.59 Å². The Kier molecular flexibility index (Phi) is 5.76. The van der Waals surface area contributed by atoms with E-state index in [1.165, 1.54) is 16.2 Å². The van der Waals surface area contributed by atoms with E-state index >= 15 is 0 Å². The summed E-state index contributed by atoms with van der Waals surface area (Å²) >= 11 is 1.51. The van der Waals surface area contributed by atoms with Gasteiger partial charge in [-0.1, -0.05) is 6.92 Å². The number of esters is 1. The van der Waals surface area contributed by atoms with E-state index in [2.05, 4.69) is 10.4 Å². The third-order valence-corrected chi connectivity index (χ3v) is 5.79. The highest BCUT2D eigenvalue weighted by atomic mass is 32.1. The molecule has 6 nitrogen and oxygen atoms in total. The molecule has 1 aliphatic carbocycles. The topological polar surface area (TPSA) is 73.2 Å². The molecule has 7 heteroatoms. The second-order valence-corrected chi connectivity index (χ2v) is 7.91. The van der Waals surface area contributed by atoms with Crippen LogP contribution in [0.3, 0.4) is 0 Å². The van der Waals surface area contributed by atoms with Crippen LogP contribution in [0.5, 0.6) is 0 Å². The van der Waals surface area contributed by atoms with Gasteiger partial charge in [0.15, 0.2) is 0 Å². The summed E-state index contributed by atoms with van der Waals surface area (Å²) in [6.07, 6.45) is 8.16. The summed E-state index contributed by atoms with van der Waals surface area (Å²) in [5.74, 6) is -0.520. The number of aryl methyl sites for hydroxylation is 2. The lowest BCUT2D eigenvalue weighted by atomic mass is 9.95. The van der Waals surface area contributed by atoms with Crippen LogP contribution in [0.1, 0.15) is 59.5 Å². The van der Waals surface area contributed by atoms with Gasteiger partial charge in [0.25, 0.3) is 0 Å². The van der Waals surface area contributed by atoms with Crippen LogP contribution in [0.25, 0.3) is 0 Å². The van der Waals surface area contributed by atoms with Gasteiger partial charge in [0.1, 0.15) is 11.5 Å².